The number of nitriles is 1. The van der Waals surface area contributed by atoms with E-state index >= 15 is 0 Å². The first-order valence-corrected chi connectivity index (χ1v) is 8.02. The molecule has 1 N–H and O–H groups in total. The number of nitrogens with one attached hydrogen (secondary N) is 1. The van der Waals surface area contributed by atoms with E-state index < -0.39 is 0 Å². The third-order valence-corrected chi connectivity index (χ3v) is 3.91. The van der Waals surface area contributed by atoms with Crippen molar-refractivity contribution in [1.82, 2.24) is 19.7 Å². The number of rotatable bonds is 6. The van der Waals surface area contributed by atoms with Crippen LogP contribution in [0.2, 0.25) is 0 Å². The molecule has 0 bridgehead atoms. The van der Waals surface area contributed by atoms with Gasteiger partial charge >= 0.3 is 0 Å². The number of carbonyl (C=O) groups excluding carboxylic acids is 1. The highest BCUT2D eigenvalue weighted by Crippen LogP contribution is 2.25. The Bertz CT molecular complexity index is 885. The monoisotopic (exact) mass is 337 g/mol. The number of aryl methyl sites for hydroxylation is 1. The second kappa shape index (κ2) is 7.09. The minimum absolute atomic E-state index is 0.200. The molecule has 128 valence electrons. The van der Waals surface area contributed by atoms with E-state index in [1.807, 2.05) is 36.0 Å². The highest BCUT2D eigenvalue weighted by atomic mass is 16.4. The van der Waals surface area contributed by atoms with Crippen LogP contribution >= 0.6 is 0 Å². The number of nitrogens with zero attached hydrogens (tertiary/aromatic N) is 4. The van der Waals surface area contributed by atoms with Gasteiger partial charge in [0.25, 0.3) is 5.91 Å². The van der Waals surface area contributed by atoms with Crippen LogP contribution in [-0.2, 0) is 6.54 Å². The van der Waals surface area contributed by atoms with Crippen molar-refractivity contribution in [1.29, 1.82) is 5.26 Å². The van der Waals surface area contributed by atoms with Crippen molar-refractivity contribution in [3.05, 3.63) is 59.9 Å². The summed E-state index contributed by atoms with van der Waals surface area (Å²) in [6, 6.07) is 7.61. The Morgan fingerprint density at radius 3 is 2.76 bits per heavy atom. The number of hydrogen-bond donors (Lipinski definition) is 1. The fraction of sp³-hybridized carbons (Fsp3) is 0.278. The van der Waals surface area contributed by atoms with Crippen LogP contribution in [0.25, 0.3) is 5.88 Å². The molecule has 0 aliphatic heterocycles. The zero-order chi connectivity index (χ0) is 17.8. The molecule has 1 atom stereocenters. The third-order valence-electron chi connectivity index (χ3n) is 3.91. The molecule has 25 heavy (non-hydrogen) atoms. The summed E-state index contributed by atoms with van der Waals surface area (Å²) in [6.45, 7) is 4.90. The largest absolute Gasteiger partial charge is 0.443 e. The van der Waals surface area contributed by atoms with Gasteiger partial charge in [-0.1, -0.05) is 6.92 Å². The lowest BCUT2D eigenvalue weighted by atomic mass is 10.1. The molecule has 7 nitrogen and oxygen atoms in total. The van der Waals surface area contributed by atoms with Crippen LogP contribution in [0, 0.1) is 24.2 Å². The van der Waals surface area contributed by atoms with Gasteiger partial charge in [0.1, 0.15) is 23.0 Å². The molecule has 3 heterocycles. The zero-order valence-electron chi connectivity index (χ0n) is 14.1. The molecule has 0 aliphatic rings. The van der Waals surface area contributed by atoms with Crippen molar-refractivity contribution < 1.29 is 9.21 Å². The molecular formula is C18H19N5O2. The predicted octanol–water partition coefficient (Wildman–Crippen LogP) is 2.51. The Hall–Kier alpha value is -3.27. The molecule has 3 rings (SSSR count). The first-order valence-electron chi connectivity index (χ1n) is 8.02. The molecule has 0 fully saturated rings. The molecule has 1 amide bonds. The average Bonchev–Trinajstić information content (AvgIpc) is 3.32. The molecule has 0 radical (unpaired) electrons. The van der Waals surface area contributed by atoms with E-state index in [0.29, 0.717) is 24.7 Å². The van der Waals surface area contributed by atoms with Crippen LogP contribution in [0.1, 0.15) is 28.6 Å². The van der Waals surface area contributed by atoms with Crippen LogP contribution in [0.5, 0.6) is 0 Å². The highest BCUT2D eigenvalue weighted by molar-refractivity contribution is 5.98. The van der Waals surface area contributed by atoms with Gasteiger partial charge in [0.15, 0.2) is 0 Å². The van der Waals surface area contributed by atoms with Crippen LogP contribution in [-0.4, -0.2) is 26.8 Å². The van der Waals surface area contributed by atoms with E-state index in [0.717, 1.165) is 0 Å². The second-order valence-corrected chi connectivity index (χ2v) is 5.96. The lowest BCUT2D eigenvalue weighted by Gasteiger charge is -2.12. The molecule has 0 unspecified atom stereocenters. The first-order chi connectivity index (χ1) is 12.1. The van der Waals surface area contributed by atoms with Gasteiger partial charge in [-0.3, -0.25) is 14.0 Å². The lowest BCUT2D eigenvalue weighted by Crippen LogP contribution is -2.30. The molecule has 7 heteroatoms. The van der Waals surface area contributed by atoms with E-state index in [1.54, 1.807) is 30.1 Å². The maximum atomic E-state index is 12.6. The summed E-state index contributed by atoms with van der Waals surface area (Å²) >= 11 is 0. The Balaban J connectivity index is 1.73. The molecule has 0 saturated carbocycles. The fourth-order valence-electron chi connectivity index (χ4n) is 2.71. The van der Waals surface area contributed by atoms with E-state index in [4.69, 9.17) is 4.42 Å². The van der Waals surface area contributed by atoms with Crippen LogP contribution < -0.4 is 5.32 Å². The van der Waals surface area contributed by atoms with Gasteiger partial charge in [0, 0.05) is 37.9 Å². The smallest absolute Gasteiger partial charge is 0.256 e. The highest BCUT2D eigenvalue weighted by Gasteiger charge is 2.24. The molecule has 3 aromatic heterocycles. The maximum absolute atomic E-state index is 12.6. The van der Waals surface area contributed by atoms with Crippen molar-refractivity contribution >= 4 is 5.91 Å². The van der Waals surface area contributed by atoms with Gasteiger partial charge in [-0.2, -0.15) is 10.4 Å². The van der Waals surface area contributed by atoms with Gasteiger partial charge in [0.2, 0.25) is 5.88 Å². The van der Waals surface area contributed by atoms with Gasteiger partial charge in [-0.15, -0.1) is 0 Å². The van der Waals surface area contributed by atoms with Gasteiger partial charge in [-0.25, -0.2) is 0 Å². The molecular weight excluding hydrogens is 318 g/mol. The van der Waals surface area contributed by atoms with E-state index in [2.05, 4.69) is 16.5 Å². The molecule has 0 saturated heterocycles. The molecule has 0 spiro atoms. The standard InChI is InChI=1S/C18H19N5O2/c1-13(12-23-9-5-6-21-23)11-20-17(24)16-14(2)25-18(15(16)10-19)22-7-3-4-8-22/h3-9,13H,11-12H2,1-2H3,(H,20,24)/t13-/m1/s1. The molecule has 3 aromatic rings. The van der Waals surface area contributed by atoms with Crippen molar-refractivity contribution in [2.75, 3.05) is 6.54 Å². The predicted molar refractivity (Wildman–Crippen MR) is 91.2 cm³/mol. The van der Waals surface area contributed by atoms with E-state index in [1.165, 1.54) is 0 Å². The lowest BCUT2D eigenvalue weighted by molar-refractivity contribution is 0.0945. The van der Waals surface area contributed by atoms with Crippen LogP contribution in [0.4, 0.5) is 0 Å². The fourth-order valence-corrected chi connectivity index (χ4v) is 2.71. The minimum Gasteiger partial charge on any atom is -0.443 e. The number of aromatic nitrogens is 3. The van der Waals surface area contributed by atoms with Gasteiger partial charge < -0.3 is 9.73 Å². The Morgan fingerprint density at radius 2 is 2.12 bits per heavy atom. The van der Waals surface area contributed by atoms with Crippen molar-refractivity contribution in [3.63, 3.8) is 0 Å². The molecule has 0 aromatic carbocycles. The summed E-state index contributed by atoms with van der Waals surface area (Å²) in [5.41, 5.74) is 0.531. The van der Waals surface area contributed by atoms with Gasteiger partial charge in [-0.05, 0) is 31.0 Å². The number of amides is 1. The van der Waals surface area contributed by atoms with E-state index in [9.17, 15) is 10.1 Å². The SMILES string of the molecule is Cc1oc(-n2cccc2)c(C#N)c1C(=O)NC[C@@H](C)Cn1cccn1. The minimum atomic E-state index is -0.302. The summed E-state index contributed by atoms with van der Waals surface area (Å²) in [5, 5.41) is 16.5. The van der Waals surface area contributed by atoms with Gasteiger partial charge in [0.05, 0.1) is 0 Å². The normalized spacial score (nSPS) is 11.9. The summed E-state index contributed by atoms with van der Waals surface area (Å²) in [6.07, 6.45) is 7.15. The Labute approximate surface area is 145 Å². The number of carbonyl (C=O) groups is 1. The number of hydrogen-bond acceptors (Lipinski definition) is 4. The quantitative estimate of drug-likeness (QED) is 0.748. The van der Waals surface area contributed by atoms with Crippen LogP contribution in [0.3, 0.4) is 0 Å². The molecule has 0 aliphatic carbocycles. The van der Waals surface area contributed by atoms with Crippen LogP contribution in [0.15, 0.2) is 47.4 Å². The summed E-state index contributed by atoms with van der Waals surface area (Å²) in [7, 11) is 0. The van der Waals surface area contributed by atoms with E-state index in [-0.39, 0.29) is 23.0 Å². The zero-order valence-corrected chi connectivity index (χ0v) is 14.1. The van der Waals surface area contributed by atoms with Crippen molar-refractivity contribution in [2.45, 2.75) is 20.4 Å². The maximum Gasteiger partial charge on any atom is 0.256 e. The Morgan fingerprint density at radius 1 is 1.36 bits per heavy atom. The number of furan rings is 1. The summed E-state index contributed by atoms with van der Waals surface area (Å²) in [4.78, 5) is 12.6. The summed E-state index contributed by atoms with van der Waals surface area (Å²) < 4.78 is 9.17. The van der Waals surface area contributed by atoms with Crippen molar-refractivity contribution in [2.24, 2.45) is 5.92 Å². The first kappa shape index (κ1) is 16.6. The second-order valence-electron chi connectivity index (χ2n) is 5.96. The topological polar surface area (TPSA) is 88.8 Å². The van der Waals surface area contributed by atoms with Crippen molar-refractivity contribution in [3.8, 4) is 12.0 Å². The average molecular weight is 337 g/mol. The summed E-state index contributed by atoms with van der Waals surface area (Å²) in [5.74, 6) is 0.686. The third kappa shape index (κ3) is 3.48. The Kier molecular flexibility index (Phi) is 4.70.